The van der Waals surface area contributed by atoms with E-state index >= 15 is 0 Å². The van der Waals surface area contributed by atoms with E-state index in [1.54, 1.807) is 70.6 Å². The fraction of sp³-hybridized carbons (Fsp3) is 1.00. The van der Waals surface area contributed by atoms with Crippen molar-refractivity contribution in [1.29, 1.82) is 0 Å². The zero-order valence-corrected chi connectivity index (χ0v) is 57.6. The van der Waals surface area contributed by atoms with Gasteiger partial charge in [-0.05, 0) is 78.4 Å². The Bertz CT molecular complexity index is 1030. The third kappa shape index (κ3) is 41.9. The molecule has 0 bridgehead atoms. The summed E-state index contributed by atoms with van der Waals surface area (Å²) in [5, 5.41) is 0. The fourth-order valence-corrected chi connectivity index (χ4v) is 16.1. The lowest BCUT2D eigenvalue weighted by Crippen LogP contribution is -2.24. The molecule has 0 aromatic carbocycles. The molecule has 0 aromatic rings. The van der Waals surface area contributed by atoms with Crippen molar-refractivity contribution in [2.45, 2.75) is 453 Å². The molecule has 0 amide bonds. The summed E-state index contributed by atoms with van der Waals surface area (Å²) < 4.78 is 0. The largest absolute Gasteiger partial charge is 0.0683 e. The first-order valence-corrected chi connectivity index (χ1v) is 39.5. The first kappa shape index (κ1) is 76.1. The van der Waals surface area contributed by atoms with Gasteiger partial charge in [0.25, 0.3) is 0 Å². The van der Waals surface area contributed by atoms with Crippen molar-refractivity contribution >= 4 is 0 Å². The van der Waals surface area contributed by atoms with Crippen molar-refractivity contribution in [3.05, 3.63) is 0 Å². The summed E-state index contributed by atoms with van der Waals surface area (Å²) in [5.74, 6) is 10.7. The number of rotatable bonds is 3. The molecule has 0 heteroatoms. The van der Waals surface area contributed by atoms with Crippen molar-refractivity contribution in [3.63, 3.8) is 0 Å². The Balaban J connectivity index is 0.000000324. The summed E-state index contributed by atoms with van der Waals surface area (Å²) in [6.07, 6.45) is 93.7. The second-order valence-electron chi connectivity index (χ2n) is 29.5. The van der Waals surface area contributed by atoms with E-state index in [1.807, 2.05) is 27.7 Å². The SMILES string of the molecule is C1CCC1.C1CCCCCCC1.C1CCCCCCCCC1.C1CCCCCCCCC1.CC.CC.CC1CCCC(C2CCCCCC[C@H]2C)CCC1.CC1CCCCCC(C2CCC2)C1.CC1CCCCCC(C2CCC2)C1. The Hall–Kier alpha value is 0. The predicted octanol–water partition coefficient (Wildman–Crippen LogP) is 29.5. The van der Waals surface area contributed by atoms with Crippen LogP contribution in [-0.4, -0.2) is 0 Å². The Kier molecular flexibility index (Phi) is 54.0. The van der Waals surface area contributed by atoms with Crippen LogP contribution < -0.4 is 0 Å². The normalized spacial score (nSPS) is 31.1. The molecular weight excluding hydrogens is 961 g/mol. The van der Waals surface area contributed by atoms with E-state index in [1.165, 1.54) is 327 Å². The predicted molar refractivity (Wildman–Crippen MR) is 367 cm³/mol. The minimum atomic E-state index is 1.00. The van der Waals surface area contributed by atoms with Gasteiger partial charge < -0.3 is 0 Å². The molecule has 0 spiro atoms. The van der Waals surface area contributed by atoms with Crippen molar-refractivity contribution in [2.24, 2.45) is 59.2 Å². The molecule has 10 rings (SSSR count). The highest BCUT2D eigenvalue weighted by Crippen LogP contribution is 2.43. The van der Waals surface area contributed by atoms with E-state index in [2.05, 4.69) is 27.7 Å². The maximum atomic E-state index is 2.55. The maximum Gasteiger partial charge on any atom is -0.0360 e. The molecule has 0 aliphatic heterocycles. The molecule has 6 atom stereocenters. The Morgan fingerprint density at radius 3 is 0.613 bits per heavy atom. The average molecular weight is 1120 g/mol. The summed E-state index contributed by atoms with van der Waals surface area (Å²) in [7, 11) is 0. The van der Waals surface area contributed by atoms with Crippen molar-refractivity contribution in [2.75, 3.05) is 0 Å². The third-order valence-electron chi connectivity index (χ3n) is 22.4. The molecule has 0 aromatic heterocycles. The highest BCUT2D eigenvalue weighted by molar-refractivity contribution is 4.82. The van der Waals surface area contributed by atoms with Gasteiger partial charge in [0, 0.05) is 0 Å². The van der Waals surface area contributed by atoms with Gasteiger partial charge in [-0.2, -0.15) is 0 Å². The van der Waals surface area contributed by atoms with Gasteiger partial charge >= 0.3 is 0 Å². The summed E-state index contributed by atoms with van der Waals surface area (Å²) in [5.41, 5.74) is 0. The van der Waals surface area contributed by atoms with Crippen LogP contribution in [0.1, 0.15) is 453 Å². The summed E-state index contributed by atoms with van der Waals surface area (Å²) in [6.45, 7) is 17.9. The molecule has 10 aliphatic carbocycles. The highest BCUT2D eigenvalue weighted by Gasteiger charge is 2.31. The van der Waals surface area contributed by atoms with Gasteiger partial charge in [-0.15, -0.1) is 0 Å². The molecule has 5 unspecified atom stereocenters. The number of hydrogen-bond acceptors (Lipinski definition) is 0. The second kappa shape index (κ2) is 56.8. The van der Waals surface area contributed by atoms with Gasteiger partial charge in [0.1, 0.15) is 0 Å². The lowest BCUT2D eigenvalue weighted by Gasteiger charge is -2.36. The molecule has 478 valence electrons. The van der Waals surface area contributed by atoms with E-state index in [0.29, 0.717) is 0 Å². The van der Waals surface area contributed by atoms with E-state index in [-0.39, 0.29) is 0 Å². The highest BCUT2D eigenvalue weighted by atomic mass is 14.4. The molecule has 10 aliphatic rings. The molecule has 0 radical (unpaired) electrons. The minimum absolute atomic E-state index is 1.00. The zero-order valence-electron chi connectivity index (χ0n) is 57.6. The van der Waals surface area contributed by atoms with Crippen LogP contribution in [0.4, 0.5) is 0 Å². The minimum Gasteiger partial charge on any atom is -0.0683 e. The molecule has 80 heavy (non-hydrogen) atoms. The van der Waals surface area contributed by atoms with Crippen LogP contribution in [0.15, 0.2) is 0 Å². The Morgan fingerprint density at radius 1 is 0.150 bits per heavy atom. The molecule has 10 fully saturated rings. The molecule has 0 heterocycles. The quantitative estimate of drug-likeness (QED) is 0.264. The summed E-state index contributed by atoms with van der Waals surface area (Å²) >= 11 is 0. The first-order valence-electron chi connectivity index (χ1n) is 39.5. The van der Waals surface area contributed by atoms with Crippen LogP contribution >= 0.6 is 0 Å². The average Bonchev–Trinajstić information content (AvgIpc) is 3.41. The maximum absolute atomic E-state index is 2.55. The molecular formula is C80H158. The van der Waals surface area contributed by atoms with Crippen LogP contribution in [0.3, 0.4) is 0 Å². The van der Waals surface area contributed by atoms with E-state index in [4.69, 9.17) is 0 Å². The summed E-state index contributed by atoms with van der Waals surface area (Å²) in [4.78, 5) is 0. The third-order valence-corrected chi connectivity index (χ3v) is 22.4. The lowest BCUT2D eigenvalue weighted by molar-refractivity contribution is 0.153. The Labute approximate surface area is 510 Å². The van der Waals surface area contributed by atoms with Crippen LogP contribution in [0, 0.1) is 59.2 Å². The van der Waals surface area contributed by atoms with E-state index in [0.717, 1.165) is 59.2 Å². The van der Waals surface area contributed by atoms with Crippen molar-refractivity contribution in [3.8, 4) is 0 Å². The van der Waals surface area contributed by atoms with Gasteiger partial charge in [0.05, 0.1) is 0 Å². The molecule has 0 N–H and O–H groups in total. The molecule has 10 saturated carbocycles. The van der Waals surface area contributed by atoms with E-state index < -0.39 is 0 Å². The topological polar surface area (TPSA) is 0 Å². The van der Waals surface area contributed by atoms with Gasteiger partial charge in [0.15, 0.2) is 0 Å². The monoisotopic (exact) mass is 1120 g/mol. The van der Waals surface area contributed by atoms with Gasteiger partial charge in [-0.25, -0.2) is 0 Å². The smallest absolute Gasteiger partial charge is 0.0360 e. The van der Waals surface area contributed by atoms with Crippen LogP contribution in [0.2, 0.25) is 0 Å². The molecule has 0 nitrogen and oxygen atoms in total. The van der Waals surface area contributed by atoms with E-state index in [9.17, 15) is 0 Å². The first-order chi connectivity index (χ1) is 39.5. The van der Waals surface area contributed by atoms with Gasteiger partial charge in [-0.1, -0.05) is 434 Å². The standard InChI is InChI=1S/C18H34.2C13H24.2C10H20.C8H16.C4H8.2C2H6/c1-15-9-7-12-17(13-8-10-15)18-14-6-4-3-5-11-16(18)2;2*1-11-6-3-2-4-7-13(10-11)12-8-5-9-12;2*1-2-4-6-8-10-9-7-5-3-1;1-2-4-6-8-7-5-3-1;1-2-4-3-1;2*1-2/h15-18H,3-14H2,1-2H3;2*11-13H,2-10H2,1H3;2*1-10H2;1-8H2;1-4H2;2*1-2H3/t15?,16-,17?,18?;;;;;;;;/m1......../s1. The van der Waals surface area contributed by atoms with Crippen molar-refractivity contribution < 1.29 is 0 Å². The number of hydrogen-bond donors (Lipinski definition) is 0. The van der Waals surface area contributed by atoms with Crippen LogP contribution in [-0.2, 0) is 0 Å². The van der Waals surface area contributed by atoms with Crippen LogP contribution in [0.5, 0.6) is 0 Å². The lowest BCUT2D eigenvalue weighted by atomic mass is 9.69. The summed E-state index contributed by atoms with van der Waals surface area (Å²) in [6, 6.07) is 0. The Morgan fingerprint density at radius 2 is 0.338 bits per heavy atom. The second-order valence-corrected chi connectivity index (χ2v) is 29.5. The van der Waals surface area contributed by atoms with Gasteiger partial charge in [-0.3, -0.25) is 0 Å². The van der Waals surface area contributed by atoms with Gasteiger partial charge in [0.2, 0.25) is 0 Å². The van der Waals surface area contributed by atoms with Crippen molar-refractivity contribution in [1.82, 2.24) is 0 Å². The molecule has 0 saturated heterocycles. The fourth-order valence-electron chi connectivity index (χ4n) is 16.1. The zero-order chi connectivity index (χ0) is 57.6. The van der Waals surface area contributed by atoms with Crippen LogP contribution in [0.25, 0.3) is 0 Å².